The van der Waals surface area contributed by atoms with Gasteiger partial charge in [-0.2, -0.15) is 0 Å². The Morgan fingerprint density at radius 1 is 1.24 bits per heavy atom. The Balaban J connectivity index is 2.55. The highest BCUT2D eigenvalue weighted by molar-refractivity contribution is 5.94. The van der Waals surface area contributed by atoms with Crippen molar-refractivity contribution < 1.29 is 19.1 Å². The van der Waals surface area contributed by atoms with E-state index in [0.717, 1.165) is 5.56 Å². The maximum absolute atomic E-state index is 11.8. The third-order valence-corrected chi connectivity index (χ3v) is 2.67. The predicted molar refractivity (Wildman–Crippen MR) is 81.4 cm³/mol. The zero-order valence-electron chi connectivity index (χ0n) is 13.3. The molecular formula is C16H23NO4. The molecule has 0 aliphatic heterocycles. The van der Waals surface area contributed by atoms with Crippen molar-refractivity contribution in [2.75, 3.05) is 19.0 Å². The number of carbonyl (C=O) groups is 2. The minimum absolute atomic E-state index is 0.159. The normalized spacial score (nSPS) is 10.9. The molecule has 1 aromatic rings. The Kier molecular flexibility index (Phi) is 5.76. The van der Waals surface area contributed by atoms with Crippen molar-refractivity contribution in [2.24, 2.45) is 5.41 Å². The molecule has 1 N–H and O–H groups in total. The van der Waals surface area contributed by atoms with Crippen LogP contribution in [0.25, 0.3) is 0 Å². The summed E-state index contributed by atoms with van der Waals surface area (Å²) in [6.45, 7) is 7.42. The summed E-state index contributed by atoms with van der Waals surface area (Å²) in [4.78, 5) is 23.4. The van der Waals surface area contributed by atoms with Crippen molar-refractivity contribution in [3.05, 3.63) is 23.8 Å². The summed E-state index contributed by atoms with van der Waals surface area (Å²) >= 11 is 0. The molecule has 0 fully saturated rings. The van der Waals surface area contributed by atoms with Gasteiger partial charge in [-0.1, -0.05) is 26.8 Å². The minimum atomic E-state index is -0.388. The maximum Gasteiger partial charge on any atom is 0.306 e. The first kappa shape index (κ1) is 17.0. The molecule has 5 nitrogen and oxygen atoms in total. The van der Waals surface area contributed by atoms with Gasteiger partial charge in [0, 0.05) is 0 Å². The third-order valence-electron chi connectivity index (χ3n) is 2.67. The number of nitrogens with one attached hydrogen (secondary N) is 1. The first-order valence-corrected chi connectivity index (χ1v) is 6.81. The van der Waals surface area contributed by atoms with Gasteiger partial charge in [0.25, 0.3) is 5.91 Å². The van der Waals surface area contributed by atoms with Gasteiger partial charge >= 0.3 is 5.97 Å². The molecule has 5 heteroatoms. The smallest absolute Gasteiger partial charge is 0.306 e. The van der Waals surface area contributed by atoms with E-state index < -0.39 is 0 Å². The van der Waals surface area contributed by atoms with Crippen LogP contribution in [0.1, 0.15) is 32.8 Å². The van der Waals surface area contributed by atoms with Gasteiger partial charge in [-0.15, -0.1) is 0 Å². The molecule has 0 saturated heterocycles. The largest absolute Gasteiger partial charge is 0.495 e. The number of methoxy groups -OCH3 is 1. The minimum Gasteiger partial charge on any atom is -0.495 e. The lowest BCUT2D eigenvalue weighted by atomic mass is 9.92. The van der Waals surface area contributed by atoms with E-state index in [0.29, 0.717) is 11.4 Å². The highest BCUT2D eigenvalue weighted by Crippen LogP contribution is 2.25. The summed E-state index contributed by atoms with van der Waals surface area (Å²) in [6, 6.07) is 5.46. The van der Waals surface area contributed by atoms with Gasteiger partial charge in [-0.3, -0.25) is 9.59 Å². The SMILES string of the molecule is COc1ccc(C)cc1NC(=O)COC(=O)CC(C)(C)C. The van der Waals surface area contributed by atoms with Crippen LogP contribution in [0, 0.1) is 12.3 Å². The van der Waals surface area contributed by atoms with Gasteiger partial charge in [0.2, 0.25) is 0 Å². The van der Waals surface area contributed by atoms with E-state index in [1.54, 1.807) is 12.1 Å². The van der Waals surface area contributed by atoms with E-state index in [9.17, 15) is 9.59 Å². The molecule has 1 amide bonds. The van der Waals surface area contributed by atoms with E-state index in [4.69, 9.17) is 9.47 Å². The number of ether oxygens (including phenoxy) is 2. The van der Waals surface area contributed by atoms with E-state index >= 15 is 0 Å². The Labute approximate surface area is 125 Å². The molecule has 0 saturated carbocycles. The molecule has 0 radical (unpaired) electrons. The number of hydrogen-bond donors (Lipinski definition) is 1. The molecule has 1 aromatic carbocycles. The monoisotopic (exact) mass is 293 g/mol. The number of esters is 1. The number of carbonyl (C=O) groups excluding carboxylic acids is 2. The Hall–Kier alpha value is -2.04. The van der Waals surface area contributed by atoms with Crippen LogP contribution in [0.3, 0.4) is 0 Å². The first-order chi connectivity index (χ1) is 9.71. The van der Waals surface area contributed by atoms with Crippen LogP contribution >= 0.6 is 0 Å². The molecule has 1 rings (SSSR count). The number of amides is 1. The van der Waals surface area contributed by atoms with Crippen LogP contribution < -0.4 is 10.1 Å². The quantitative estimate of drug-likeness (QED) is 0.848. The zero-order chi connectivity index (χ0) is 16.0. The predicted octanol–water partition coefficient (Wildman–Crippen LogP) is 2.92. The summed E-state index contributed by atoms with van der Waals surface area (Å²) in [7, 11) is 1.53. The molecule has 0 aliphatic rings. The van der Waals surface area contributed by atoms with Crippen molar-refractivity contribution in [3.63, 3.8) is 0 Å². The van der Waals surface area contributed by atoms with E-state index in [-0.39, 0.29) is 30.3 Å². The molecule has 116 valence electrons. The Morgan fingerprint density at radius 2 is 1.90 bits per heavy atom. The Morgan fingerprint density at radius 3 is 2.48 bits per heavy atom. The molecule has 0 spiro atoms. The second-order valence-corrected chi connectivity index (χ2v) is 6.15. The fourth-order valence-corrected chi connectivity index (χ4v) is 1.74. The Bertz CT molecular complexity index is 517. The van der Waals surface area contributed by atoms with Gasteiger partial charge in [-0.05, 0) is 30.0 Å². The van der Waals surface area contributed by atoms with E-state index in [2.05, 4.69) is 5.32 Å². The summed E-state index contributed by atoms with van der Waals surface area (Å²) in [5, 5.41) is 2.68. The van der Waals surface area contributed by atoms with Crippen LogP contribution in [-0.4, -0.2) is 25.6 Å². The molecule has 0 heterocycles. The van der Waals surface area contributed by atoms with Crippen molar-refractivity contribution in [1.82, 2.24) is 0 Å². The molecule has 0 bridgehead atoms. The second-order valence-electron chi connectivity index (χ2n) is 6.15. The third kappa shape index (κ3) is 6.29. The average molecular weight is 293 g/mol. The summed E-state index contributed by atoms with van der Waals surface area (Å²) in [5.41, 5.74) is 1.40. The van der Waals surface area contributed by atoms with Gasteiger partial charge in [0.1, 0.15) is 5.75 Å². The highest BCUT2D eigenvalue weighted by atomic mass is 16.5. The molecule has 0 aromatic heterocycles. The van der Waals surface area contributed by atoms with Crippen LogP contribution in [-0.2, 0) is 14.3 Å². The number of rotatable bonds is 5. The van der Waals surface area contributed by atoms with E-state index in [1.165, 1.54) is 7.11 Å². The summed E-state index contributed by atoms with van der Waals surface area (Å²) in [6.07, 6.45) is 0.272. The molecule has 0 aliphatic carbocycles. The standard InChI is InChI=1S/C16H23NO4/c1-11-6-7-13(20-5)12(8-11)17-14(18)10-21-15(19)9-16(2,3)4/h6-8H,9-10H2,1-5H3,(H,17,18). The summed E-state index contributed by atoms with van der Waals surface area (Å²) in [5.74, 6) is -0.204. The lowest BCUT2D eigenvalue weighted by molar-refractivity contribution is -0.149. The van der Waals surface area contributed by atoms with Crippen LogP contribution in [0.2, 0.25) is 0 Å². The molecular weight excluding hydrogens is 270 g/mol. The lowest BCUT2D eigenvalue weighted by Gasteiger charge is -2.16. The van der Waals surface area contributed by atoms with Gasteiger partial charge in [0.05, 0.1) is 19.2 Å². The van der Waals surface area contributed by atoms with Gasteiger partial charge < -0.3 is 14.8 Å². The van der Waals surface area contributed by atoms with Gasteiger partial charge in [-0.25, -0.2) is 0 Å². The zero-order valence-corrected chi connectivity index (χ0v) is 13.3. The van der Waals surface area contributed by atoms with E-state index in [1.807, 2.05) is 33.8 Å². The van der Waals surface area contributed by atoms with Crippen LogP contribution in [0.5, 0.6) is 5.75 Å². The fourth-order valence-electron chi connectivity index (χ4n) is 1.74. The fraction of sp³-hybridized carbons (Fsp3) is 0.500. The summed E-state index contributed by atoms with van der Waals surface area (Å²) < 4.78 is 10.1. The van der Waals surface area contributed by atoms with Crippen molar-refractivity contribution >= 4 is 17.6 Å². The van der Waals surface area contributed by atoms with Crippen molar-refractivity contribution in [2.45, 2.75) is 34.1 Å². The van der Waals surface area contributed by atoms with Crippen LogP contribution in [0.4, 0.5) is 5.69 Å². The van der Waals surface area contributed by atoms with Crippen molar-refractivity contribution in [1.29, 1.82) is 0 Å². The number of anilines is 1. The second kappa shape index (κ2) is 7.11. The lowest BCUT2D eigenvalue weighted by Crippen LogP contribution is -2.23. The van der Waals surface area contributed by atoms with Gasteiger partial charge in [0.15, 0.2) is 6.61 Å². The number of aryl methyl sites for hydroxylation is 1. The molecule has 0 atom stereocenters. The maximum atomic E-state index is 11.8. The topological polar surface area (TPSA) is 64.6 Å². The number of benzene rings is 1. The van der Waals surface area contributed by atoms with Crippen molar-refractivity contribution in [3.8, 4) is 5.75 Å². The number of hydrogen-bond acceptors (Lipinski definition) is 4. The average Bonchev–Trinajstić information content (AvgIpc) is 2.35. The molecule has 21 heavy (non-hydrogen) atoms. The highest BCUT2D eigenvalue weighted by Gasteiger charge is 2.18. The first-order valence-electron chi connectivity index (χ1n) is 6.81. The van der Waals surface area contributed by atoms with Crippen LogP contribution in [0.15, 0.2) is 18.2 Å². The molecule has 0 unspecified atom stereocenters.